The highest BCUT2D eigenvalue weighted by Crippen LogP contribution is 2.25. The van der Waals surface area contributed by atoms with Gasteiger partial charge in [-0.1, -0.05) is 6.08 Å². The lowest BCUT2D eigenvalue weighted by Gasteiger charge is -2.15. The summed E-state index contributed by atoms with van der Waals surface area (Å²) in [7, 11) is 0. The Morgan fingerprint density at radius 3 is 2.54 bits per heavy atom. The van der Waals surface area contributed by atoms with Gasteiger partial charge in [0.25, 0.3) is 0 Å². The summed E-state index contributed by atoms with van der Waals surface area (Å²) in [4.78, 5) is 9.52. The van der Waals surface area contributed by atoms with Gasteiger partial charge in [-0.25, -0.2) is 0 Å². The molecule has 0 heterocycles. The van der Waals surface area contributed by atoms with Crippen LogP contribution in [0, 0.1) is 44.6 Å². The van der Waals surface area contributed by atoms with Crippen LogP contribution in [0.1, 0.15) is 6.42 Å². The lowest BCUT2D eigenvalue weighted by atomic mass is 9.83. The van der Waals surface area contributed by atoms with E-state index in [-0.39, 0.29) is 13.0 Å². The Morgan fingerprint density at radius 2 is 2.23 bits per heavy atom. The highest BCUT2D eigenvalue weighted by atomic mass is 16.6. The van der Waals surface area contributed by atoms with E-state index in [1.807, 2.05) is 6.07 Å². The van der Waals surface area contributed by atoms with Gasteiger partial charge in [0.05, 0.1) is 24.0 Å². The highest BCUT2D eigenvalue weighted by Gasteiger charge is 2.28. The Hall–Kier alpha value is -1.88. The van der Waals surface area contributed by atoms with Crippen LogP contribution in [0.4, 0.5) is 0 Å². The second-order valence-corrected chi connectivity index (χ2v) is 2.44. The van der Waals surface area contributed by atoms with E-state index in [0.717, 1.165) is 6.42 Å². The molecule has 5 heteroatoms. The Labute approximate surface area is 76.0 Å². The molecular weight excluding hydrogens is 170 g/mol. The largest absolute Gasteiger partial charge is 0.265 e. The molecule has 0 saturated carbocycles. The molecule has 5 nitrogen and oxygen atoms in total. The topological polar surface area (TPSA) is 90.7 Å². The summed E-state index contributed by atoms with van der Waals surface area (Å²) in [6.07, 6.45) is 2.29. The first kappa shape index (κ1) is 11.1. The van der Waals surface area contributed by atoms with Crippen molar-refractivity contribution in [3.63, 3.8) is 0 Å². The molecule has 1 radical (unpaired) electrons. The summed E-state index contributed by atoms with van der Waals surface area (Å²) in [6, 6.07) is 3.51. The lowest BCUT2D eigenvalue weighted by Crippen LogP contribution is -2.19. The smallest absolute Gasteiger partial charge is 0.205 e. The maximum atomic E-state index is 10.0. The van der Waals surface area contributed by atoms with Gasteiger partial charge >= 0.3 is 0 Å². The molecule has 67 valence electrons. The van der Waals surface area contributed by atoms with E-state index in [1.54, 1.807) is 6.07 Å². The first-order chi connectivity index (χ1) is 6.10. The van der Waals surface area contributed by atoms with Crippen LogP contribution in [-0.4, -0.2) is 11.5 Å². The van der Waals surface area contributed by atoms with E-state index >= 15 is 0 Å². The minimum Gasteiger partial charge on any atom is -0.265 e. The molecule has 0 aliphatic carbocycles. The van der Waals surface area contributed by atoms with Gasteiger partial charge in [0.2, 0.25) is 6.54 Å². The minimum atomic E-state index is -1.19. The zero-order valence-corrected chi connectivity index (χ0v) is 6.93. The maximum Gasteiger partial charge on any atom is 0.205 e. The summed E-state index contributed by atoms with van der Waals surface area (Å²) in [5, 5.41) is 27.1. The van der Waals surface area contributed by atoms with Crippen molar-refractivity contribution in [3.8, 4) is 12.1 Å². The molecule has 1 atom stereocenters. The number of hydrogen-bond acceptors (Lipinski definition) is 4. The first-order valence-corrected chi connectivity index (χ1v) is 3.51. The molecule has 0 rings (SSSR count). The van der Waals surface area contributed by atoms with E-state index < -0.39 is 10.3 Å². The molecule has 0 aliphatic rings. The van der Waals surface area contributed by atoms with E-state index in [0.29, 0.717) is 0 Å². The van der Waals surface area contributed by atoms with E-state index in [9.17, 15) is 10.1 Å². The van der Waals surface area contributed by atoms with Gasteiger partial charge in [0.15, 0.2) is 0 Å². The van der Waals surface area contributed by atoms with Crippen LogP contribution >= 0.6 is 0 Å². The van der Waals surface area contributed by atoms with Gasteiger partial charge < -0.3 is 0 Å². The van der Waals surface area contributed by atoms with Crippen molar-refractivity contribution in [2.75, 3.05) is 6.54 Å². The first-order valence-electron chi connectivity index (χ1n) is 3.51. The van der Waals surface area contributed by atoms with Crippen LogP contribution in [0.25, 0.3) is 0 Å². The van der Waals surface area contributed by atoms with Crippen LogP contribution in [0.5, 0.6) is 0 Å². The van der Waals surface area contributed by atoms with Gasteiger partial charge in [-0.15, -0.1) is 6.58 Å². The zero-order chi connectivity index (χ0) is 10.3. The number of nitrogens with zero attached hydrogens (tertiary/aromatic N) is 3. The van der Waals surface area contributed by atoms with Crippen molar-refractivity contribution >= 4 is 0 Å². The number of hydrogen-bond donors (Lipinski definition) is 0. The second kappa shape index (κ2) is 4.89. The highest BCUT2D eigenvalue weighted by molar-refractivity contribution is 5.23. The van der Waals surface area contributed by atoms with Crippen LogP contribution in [0.3, 0.4) is 0 Å². The molecule has 0 aromatic heterocycles. The van der Waals surface area contributed by atoms with Crippen molar-refractivity contribution < 1.29 is 4.92 Å². The summed E-state index contributed by atoms with van der Waals surface area (Å²) in [5.74, 6) is 0. The zero-order valence-electron chi connectivity index (χ0n) is 6.93. The number of nitriles is 2. The van der Waals surface area contributed by atoms with Gasteiger partial charge in [0.1, 0.15) is 0 Å². The van der Waals surface area contributed by atoms with E-state index in [4.69, 9.17) is 10.5 Å². The van der Waals surface area contributed by atoms with Crippen LogP contribution < -0.4 is 0 Å². The monoisotopic (exact) mass is 178 g/mol. The molecule has 0 bridgehead atoms. The van der Waals surface area contributed by atoms with E-state index in [1.165, 1.54) is 6.08 Å². The molecule has 0 aromatic carbocycles. The van der Waals surface area contributed by atoms with Gasteiger partial charge in [-0.3, -0.25) is 10.1 Å². The van der Waals surface area contributed by atoms with Crippen LogP contribution in [0.15, 0.2) is 12.7 Å². The third-order valence-electron chi connectivity index (χ3n) is 1.60. The molecule has 0 spiro atoms. The molecular formula is C8H8N3O2. The number of rotatable bonds is 5. The van der Waals surface area contributed by atoms with Gasteiger partial charge in [-0.2, -0.15) is 10.5 Å². The molecule has 0 fully saturated rings. The fourth-order valence-corrected chi connectivity index (χ4v) is 0.758. The second-order valence-electron chi connectivity index (χ2n) is 2.44. The molecule has 0 amide bonds. The minimum absolute atomic E-state index is 0.0203. The quantitative estimate of drug-likeness (QED) is 0.357. The van der Waals surface area contributed by atoms with Crippen molar-refractivity contribution in [3.05, 3.63) is 29.2 Å². The lowest BCUT2D eigenvalue weighted by molar-refractivity contribution is -0.481. The van der Waals surface area contributed by atoms with Crippen LogP contribution in [0.2, 0.25) is 0 Å². The van der Waals surface area contributed by atoms with Crippen molar-refractivity contribution in [2.45, 2.75) is 6.42 Å². The Morgan fingerprint density at radius 1 is 1.62 bits per heavy atom. The normalized spacial score (nSPS) is 13.4. The summed E-state index contributed by atoms with van der Waals surface area (Å²) in [5.41, 5.74) is -1.19. The number of allylic oxidation sites excluding steroid dienone is 1. The molecule has 0 aliphatic heterocycles. The van der Waals surface area contributed by atoms with E-state index in [2.05, 4.69) is 6.58 Å². The third-order valence-corrected chi connectivity index (χ3v) is 1.60. The van der Waals surface area contributed by atoms with Crippen molar-refractivity contribution in [1.29, 1.82) is 10.5 Å². The SMILES string of the molecule is C=CC(C#N)([CH]C#N)CC[N+](=O)[O-]. The Balaban J connectivity index is 4.43. The Bertz CT molecular complexity index is 287. The maximum absolute atomic E-state index is 10.0. The third kappa shape index (κ3) is 3.35. The number of nitro groups is 1. The fraction of sp³-hybridized carbons (Fsp3) is 0.375. The van der Waals surface area contributed by atoms with Gasteiger partial charge in [0, 0.05) is 11.3 Å². The van der Waals surface area contributed by atoms with Crippen molar-refractivity contribution in [2.24, 2.45) is 5.41 Å². The summed E-state index contributed by atoms with van der Waals surface area (Å²) in [6.45, 7) is 3.02. The summed E-state index contributed by atoms with van der Waals surface area (Å²) >= 11 is 0. The predicted octanol–water partition coefficient (Wildman–Crippen LogP) is 1.08. The van der Waals surface area contributed by atoms with Crippen LogP contribution in [-0.2, 0) is 0 Å². The predicted molar refractivity (Wildman–Crippen MR) is 44.6 cm³/mol. The average molecular weight is 178 g/mol. The Kier molecular flexibility index (Phi) is 4.18. The molecule has 0 saturated heterocycles. The molecule has 0 N–H and O–H groups in total. The molecule has 13 heavy (non-hydrogen) atoms. The molecule has 1 unspecified atom stereocenters. The van der Waals surface area contributed by atoms with Gasteiger partial charge in [-0.05, 0) is 0 Å². The average Bonchev–Trinajstić information content (AvgIpc) is 2.12. The molecule has 0 aromatic rings. The standard InChI is InChI=1S/C8H8N3O2/c1-2-8(7-10,3-5-9)4-6-11(12)13/h2-3H,1,4,6H2. The van der Waals surface area contributed by atoms with Crippen molar-refractivity contribution in [1.82, 2.24) is 0 Å². The summed E-state index contributed by atoms with van der Waals surface area (Å²) < 4.78 is 0. The fourth-order valence-electron chi connectivity index (χ4n) is 0.758.